The summed E-state index contributed by atoms with van der Waals surface area (Å²) in [5, 5.41) is 11.2. The van der Waals surface area contributed by atoms with Gasteiger partial charge in [-0.25, -0.2) is 4.79 Å². The van der Waals surface area contributed by atoms with Crippen molar-refractivity contribution in [2.75, 3.05) is 4.90 Å². The molecule has 1 aliphatic heterocycles. The molecule has 29 heavy (non-hydrogen) atoms. The number of hydrogen-bond acceptors (Lipinski definition) is 4. The Labute approximate surface area is 167 Å². The molecule has 2 aromatic rings. The van der Waals surface area contributed by atoms with Crippen LogP contribution in [0.3, 0.4) is 0 Å². The Morgan fingerprint density at radius 2 is 1.76 bits per heavy atom. The molecule has 1 heterocycles. The summed E-state index contributed by atoms with van der Waals surface area (Å²) in [4.78, 5) is 37.2. The van der Waals surface area contributed by atoms with Crippen LogP contribution in [0.15, 0.2) is 54.1 Å². The largest absolute Gasteiger partial charge is 0.478 e. The van der Waals surface area contributed by atoms with Crippen LogP contribution < -0.4 is 10.2 Å². The number of anilines is 1. The topological polar surface area (TPSA) is 86.7 Å². The van der Waals surface area contributed by atoms with Gasteiger partial charge >= 0.3 is 12.1 Å². The van der Waals surface area contributed by atoms with E-state index in [9.17, 15) is 27.6 Å². The third kappa shape index (κ3) is 4.16. The van der Waals surface area contributed by atoms with Gasteiger partial charge in [-0.2, -0.15) is 13.2 Å². The Hall–Kier alpha value is -3.53. The Bertz CT molecular complexity index is 1060. The molecule has 148 valence electrons. The van der Waals surface area contributed by atoms with Gasteiger partial charge in [0.1, 0.15) is 5.57 Å². The second-order valence-corrected chi connectivity index (χ2v) is 6.32. The molecule has 1 saturated heterocycles. The molecule has 1 aliphatic rings. The quantitative estimate of drug-likeness (QED) is 0.452. The van der Waals surface area contributed by atoms with Gasteiger partial charge in [-0.3, -0.25) is 19.8 Å². The number of nitrogens with one attached hydrogen (secondary N) is 1. The first-order valence-corrected chi connectivity index (χ1v) is 8.41. The van der Waals surface area contributed by atoms with Crippen molar-refractivity contribution in [1.82, 2.24) is 5.32 Å². The minimum atomic E-state index is -4.51. The zero-order valence-corrected chi connectivity index (χ0v) is 15.2. The van der Waals surface area contributed by atoms with Crippen LogP contribution in [0.5, 0.6) is 0 Å². The summed E-state index contributed by atoms with van der Waals surface area (Å²) in [6.45, 7) is 0. The van der Waals surface area contributed by atoms with Crippen LogP contribution in [0.1, 0.15) is 21.5 Å². The van der Waals surface area contributed by atoms with Gasteiger partial charge < -0.3 is 5.11 Å². The number of halogens is 3. The second-order valence-electron chi connectivity index (χ2n) is 5.93. The number of thiocarbonyl (C=S) groups is 1. The highest BCUT2D eigenvalue weighted by atomic mass is 32.1. The van der Waals surface area contributed by atoms with Crippen molar-refractivity contribution < 1.29 is 32.7 Å². The lowest BCUT2D eigenvalue weighted by Crippen LogP contribution is -2.54. The maximum atomic E-state index is 12.8. The number of amides is 2. The van der Waals surface area contributed by atoms with E-state index in [4.69, 9.17) is 17.3 Å². The fourth-order valence-electron chi connectivity index (χ4n) is 2.60. The van der Waals surface area contributed by atoms with Crippen molar-refractivity contribution in [2.24, 2.45) is 0 Å². The first-order valence-electron chi connectivity index (χ1n) is 8.00. The first kappa shape index (κ1) is 20.2. The number of carboxylic acids is 1. The number of aromatic carboxylic acids is 1. The Morgan fingerprint density at radius 1 is 1.10 bits per heavy atom. The molecule has 2 amide bonds. The Morgan fingerprint density at radius 3 is 2.34 bits per heavy atom. The van der Waals surface area contributed by atoms with E-state index in [1.165, 1.54) is 24.3 Å². The number of benzene rings is 2. The van der Waals surface area contributed by atoms with Crippen molar-refractivity contribution in [1.29, 1.82) is 0 Å². The minimum absolute atomic E-state index is 0.0942. The van der Waals surface area contributed by atoms with Gasteiger partial charge in [0.15, 0.2) is 5.11 Å². The van der Waals surface area contributed by atoms with Gasteiger partial charge in [0.2, 0.25) is 0 Å². The van der Waals surface area contributed by atoms with E-state index in [0.717, 1.165) is 35.2 Å². The van der Waals surface area contributed by atoms with Crippen molar-refractivity contribution in [3.63, 3.8) is 0 Å². The van der Waals surface area contributed by atoms with Crippen molar-refractivity contribution in [2.45, 2.75) is 6.18 Å². The fraction of sp³-hybridized carbons (Fsp3) is 0.0526. The molecule has 3 rings (SSSR count). The number of carboxylic acid groups (broad SMARTS) is 1. The molecule has 0 spiro atoms. The monoisotopic (exact) mass is 420 g/mol. The zero-order valence-electron chi connectivity index (χ0n) is 14.4. The molecule has 6 nitrogen and oxygen atoms in total. The van der Waals surface area contributed by atoms with E-state index in [2.05, 4.69) is 5.32 Å². The van der Waals surface area contributed by atoms with Crippen LogP contribution in [-0.2, 0) is 15.8 Å². The summed E-state index contributed by atoms with van der Waals surface area (Å²) in [6.07, 6.45) is -3.38. The van der Waals surface area contributed by atoms with Gasteiger partial charge in [-0.1, -0.05) is 18.2 Å². The SMILES string of the molecule is O=C1NC(=S)N(c2cccc(C(=O)O)c2)C(=O)C1=Cc1ccc(C(F)(F)F)cc1. The maximum Gasteiger partial charge on any atom is 0.416 e. The number of hydrogen-bond donors (Lipinski definition) is 2. The molecule has 0 aliphatic carbocycles. The highest BCUT2D eigenvalue weighted by Gasteiger charge is 2.35. The van der Waals surface area contributed by atoms with Crippen LogP contribution in [0, 0.1) is 0 Å². The first-order chi connectivity index (χ1) is 13.6. The van der Waals surface area contributed by atoms with Gasteiger partial charge in [0.05, 0.1) is 16.8 Å². The smallest absolute Gasteiger partial charge is 0.416 e. The summed E-state index contributed by atoms with van der Waals surface area (Å²) >= 11 is 5.02. The van der Waals surface area contributed by atoms with E-state index in [0.29, 0.717) is 0 Å². The predicted molar refractivity (Wildman–Crippen MR) is 101 cm³/mol. The number of carbonyl (C=O) groups excluding carboxylic acids is 2. The Balaban J connectivity index is 1.98. The highest BCUT2D eigenvalue weighted by molar-refractivity contribution is 7.80. The highest BCUT2D eigenvalue weighted by Crippen LogP contribution is 2.29. The van der Waals surface area contributed by atoms with E-state index in [1.54, 1.807) is 0 Å². The average Bonchev–Trinajstić information content (AvgIpc) is 2.65. The van der Waals surface area contributed by atoms with Crippen molar-refractivity contribution in [3.8, 4) is 0 Å². The molecule has 0 radical (unpaired) electrons. The third-order valence-electron chi connectivity index (χ3n) is 4.00. The molecule has 0 saturated carbocycles. The van der Waals surface area contributed by atoms with E-state index in [-0.39, 0.29) is 27.5 Å². The number of alkyl halides is 3. The molecule has 1 fully saturated rings. The standard InChI is InChI=1S/C19H11F3N2O4S/c20-19(21,22)12-6-4-10(5-7-12)8-14-15(25)23-18(29)24(16(14)26)13-3-1-2-11(9-13)17(27)28/h1-9H,(H,27,28)(H,23,25,29). The molecule has 0 atom stereocenters. The molecule has 2 N–H and O–H groups in total. The van der Waals surface area contributed by atoms with Crippen molar-refractivity contribution >= 4 is 46.9 Å². The van der Waals surface area contributed by atoms with Gasteiger partial charge in [0.25, 0.3) is 11.8 Å². The number of rotatable bonds is 3. The molecule has 0 unspecified atom stereocenters. The fourth-order valence-corrected chi connectivity index (χ4v) is 2.89. The summed E-state index contributed by atoms with van der Waals surface area (Å²) in [6, 6.07) is 9.28. The lowest BCUT2D eigenvalue weighted by atomic mass is 10.0. The summed E-state index contributed by atoms with van der Waals surface area (Å²) in [5.74, 6) is -2.86. The zero-order chi connectivity index (χ0) is 21.3. The van der Waals surface area contributed by atoms with Gasteiger partial charge in [-0.05, 0) is 54.2 Å². The molecular weight excluding hydrogens is 409 g/mol. The maximum absolute atomic E-state index is 12.8. The van der Waals surface area contributed by atoms with Crippen molar-refractivity contribution in [3.05, 3.63) is 70.8 Å². The van der Waals surface area contributed by atoms with E-state index in [1.807, 2.05) is 0 Å². The molecule has 2 aromatic carbocycles. The Kier molecular flexibility index (Phi) is 5.21. The van der Waals surface area contributed by atoms with Crippen LogP contribution in [0.4, 0.5) is 18.9 Å². The molecule has 0 aromatic heterocycles. The van der Waals surface area contributed by atoms with Crippen LogP contribution in [0.25, 0.3) is 6.08 Å². The van der Waals surface area contributed by atoms with E-state index >= 15 is 0 Å². The molecular formula is C19H11F3N2O4S. The second kappa shape index (κ2) is 7.47. The van der Waals surface area contributed by atoms with Gasteiger partial charge in [-0.15, -0.1) is 0 Å². The van der Waals surface area contributed by atoms with Crippen LogP contribution in [0.2, 0.25) is 0 Å². The normalized spacial score (nSPS) is 16.2. The van der Waals surface area contributed by atoms with E-state index < -0.39 is 29.5 Å². The minimum Gasteiger partial charge on any atom is -0.478 e. The summed E-state index contributed by atoms with van der Waals surface area (Å²) in [7, 11) is 0. The lowest BCUT2D eigenvalue weighted by Gasteiger charge is -2.29. The van der Waals surface area contributed by atoms with Crippen LogP contribution >= 0.6 is 12.2 Å². The third-order valence-corrected chi connectivity index (χ3v) is 4.29. The molecule has 0 bridgehead atoms. The molecule has 10 heteroatoms. The van der Waals surface area contributed by atoms with Gasteiger partial charge in [0, 0.05) is 0 Å². The summed E-state index contributed by atoms with van der Waals surface area (Å²) < 4.78 is 38.0. The lowest BCUT2D eigenvalue weighted by molar-refractivity contribution is -0.137. The van der Waals surface area contributed by atoms with Crippen LogP contribution in [-0.4, -0.2) is 28.0 Å². The number of nitrogens with zero attached hydrogens (tertiary/aromatic N) is 1. The predicted octanol–water partition coefficient (Wildman–Crippen LogP) is 3.23. The average molecular weight is 420 g/mol. The summed E-state index contributed by atoms with van der Waals surface area (Å²) in [5.41, 5.74) is -1.00. The number of carbonyl (C=O) groups is 3.